The summed E-state index contributed by atoms with van der Waals surface area (Å²) >= 11 is 0. The molecule has 1 aromatic carbocycles. The van der Waals surface area contributed by atoms with Crippen molar-refractivity contribution in [1.29, 1.82) is 0 Å². The fourth-order valence-corrected chi connectivity index (χ4v) is 2.78. The van der Waals surface area contributed by atoms with Gasteiger partial charge in [0.15, 0.2) is 0 Å². The fraction of sp³-hybridized carbons (Fsp3) is 0.600. The van der Waals surface area contributed by atoms with Crippen molar-refractivity contribution in [2.45, 2.75) is 37.2 Å². The number of benzene rings is 1. The Kier molecular flexibility index (Phi) is 4.91. The van der Waals surface area contributed by atoms with Crippen LogP contribution in [0, 0.1) is 5.82 Å². The lowest BCUT2D eigenvalue weighted by Crippen LogP contribution is -2.40. The van der Waals surface area contributed by atoms with Crippen molar-refractivity contribution in [3.8, 4) is 0 Å². The largest absolute Gasteiger partial charge is 0.395 e. The summed E-state index contributed by atoms with van der Waals surface area (Å²) in [6, 6.07) is 6.57. The van der Waals surface area contributed by atoms with E-state index in [4.69, 9.17) is 10.5 Å². The lowest BCUT2D eigenvalue weighted by Gasteiger charge is -2.32. The van der Waals surface area contributed by atoms with Gasteiger partial charge in [0.25, 0.3) is 0 Å². The van der Waals surface area contributed by atoms with Gasteiger partial charge in [-0.25, -0.2) is 4.39 Å². The third kappa shape index (κ3) is 3.14. The molecule has 1 saturated heterocycles. The Balaban J connectivity index is 2.14. The molecule has 0 aromatic heterocycles. The van der Waals surface area contributed by atoms with E-state index in [2.05, 4.69) is 0 Å². The van der Waals surface area contributed by atoms with Crippen molar-refractivity contribution in [3.05, 3.63) is 35.6 Å². The average Bonchev–Trinajstić information content (AvgIpc) is 2.95. The van der Waals surface area contributed by atoms with Gasteiger partial charge in [-0.15, -0.1) is 0 Å². The third-order valence-electron chi connectivity index (χ3n) is 4.11. The quantitative estimate of drug-likeness (QED) is 0.828. The van der Waals surface area contributed by atoms with E-state index >= 15 is 0 Å². The van der Waals surface area contributed by atoms with Crippen molar-refractivity contribution in [2.75, 3.05) is 19.8 Å². The van der Waals surface area contributed by atoms with Crippen LogP contribution >= 0.6 is 0 Å². The number of aliphatic hydroxyl groups is 1. The zero-order chi connectivity index (χ0) is 13.7. The van der Waals surface area contributed by atoms with Gasteiger partial charge in [-0.2, -0.15) is 0 Å². The van der Waals surface area contributed by atoms with E-state index in [0.717, 1.165) is 25.9 Å². The van der Waals surface area contributed by atoms with E-state index in [-0.39, 0.29) is 25.1 Å². The van der Waals surface area contributed by atoms with E-state index < -0.39 is 5.41 Å². The molecule has 2 unspecified atom stereocenters. The zero-order valence-corrected chi connectivity index (χ0v) is 11.1. The molecule has 0 spiro atoms. The normalized spacial score (nSPS) is 22.4. The van der Waals surface area contributed by atoms with Crippen LogP contribution in [0.5, 0.6) is 0 Å². The first-order valence-electron chi connectivity index (χ1n) is 6.89. The van der Waals surface area contributed by atoms with E-state index in [0.29, 0.717) is 12.0 Å². The summed E-state index contributed by atoms with van der Waals surface area (Å²) < 4.78 is 19.5. The molecule has 3 nitrogen and oxygen atoms in total. The van der Waals surface area contributed by atoms with E-state index in [1.807, 2.05) is 0 Å². The average molecular weight is 267 g/mol. The monoisotopic (exact) mass is 267 g/mol. The Bertz CT molecular complexity index is 401. The fourth-order valence-electron chi connectivity index (χ4n) is 2.78. The standard InChI is InChI=1S/C15H22FNO2/c16-14-6-2-1-5-13(14)15(10-17,11-18)8-7-12-4-3-9-19-12/h1-2,5-6,12,18H,3-4,7-11,17H2. The first kappa shape index (κ1) is 14.4. The van der Waals surface area contributed by atoms with Crippen LogP contribution in [0.15, 0.2) is 24.3 Å². The van der Waals surface area contributed by atoms with Gasteiger partial charge in [0.05, 0.1) is 12.7 Å². The SMILES string of the molecule is NCC(CO)(CCC1CCCO1)c1ccccc1F. The molecule has 0 aliphatic carbocycles. The van der Waals surface area contributed by atoms with E-state index in [9.17, 15) is 9.50 Å². The number of rotatable bonds is 6. The first-order chi connectivity index (χ1) is 9.22. The molecule has 0 amide bonds. The molecule has 19 heavy (non-hydrogen) atoms. The zero-order valence-electron chi connectivity index (χ0n) is 11.1. The molecule has 4 heteroatoms. The summed E-state index contributed by atoms with van der Waals surface area (Å²) in [6.07, 6.45) is 3.81. The molecule has 1 fully saturated rings. The van der Waals surface area contributed by atoms with Crippen molar-refractivity contribution in [1.82, 2.24) is 0 Å². The molecule has 3 N–H and O–H groups in total. The molecule has 0 saturated carbocycles. The molecular weight excluding hydrogens is 245 g/mol. The summed E-state index contributed by atoms with van der Waals surface area (Å²) in [5.41, 5.74) is 5.65. The lowest BCUT2D eigenvalue weighted by molar-refractivity contribution is 0.0877. The summed E-state index contributed by atoms with van der Waals surface area (Å²) in [5.74, 6) is -0.297. The van der Waals surface area contributed by atoms with Crippen LogP contribution in [-0.4, -0.2) is 31.0 Å². The predicted molar refractivity (Wildman–Crippen MR) is 72.4 cm³/mol. The van der Waals surface area contributed by atoms with Gasteiger partial charge in [0, 0.05) is 18.6 Å². The maximum absolute atomic E-state index is 14.0. The highest BCUT2D eigenvalue weighted by Crippen LogP contribution is 2.32. The molecule has 1 heterocycles. The second kappa shape index (κ2) is 6.46. The Labute approximate surface area is 113 Å². The maximum Gasteiger partial charge on any atom is 0.127 e. The Morgan fingerprint density at radius 3 is 2.79 bits per heavy atom. The minimum absolute atomic E-state index is 0.142. The Morgan fingerprint density at radius 1 is 1.42 bits per heavy atom. The molecule has 2 rings (SSSR count). The van der Waals surface area contributed by atoms with E-state index in [1.165, 1.54) is 6.07 Å². The number of hydrogen-bond donors (Lipinski definition) is 2. The van der Waals surface area contributed by atoms with Crippen LogP contribution in [0.25, 0.3) is 0 Å². The summed E-state index contributed by atoms with van der Waals surface area (Å²) in [5, 5.41) is 9.74. The van der Waals surface area contributed by atoms with Crippen LogP contribution in [0.4, 0.5) is 4.39 Å². The summed E-state index contributed by atoms with van der Waals surface area (Å²) in [7, 11) is 0. The smallest absolute Gasteiger partial charge is 0.127 e. The minimum atomic E-state index is -0.697. The molecule has 1 aromatic rings. The second-order valence-electron chi connectivity index (χ2n) is 5.30. The predicted octanol–water partition coefficient (Wildman–Crippen LogP) is 1.97. The highest BCUT2D eigenvalue weighted by Gasteiger charge is 2.33. The van der Waals surface area contributed by atoms with Crippen LogP contribution in [0.3, 0.4) is 0 Å². The maximum atomic E-state index is 14.0. The lowest BCUT2D eigenvalue weighted by atomic mass is 9.76. The number of nitrogens with two attached hydrogens (primary N) is 1. The van der Waals surface area contributed by atoms with Crippen LogP contribution in [0.1, 0.15) is 31.2 Å². The highest BCUT2D eigenvalue weighted by atomic mass is 19.1. The van der Waals surface area contributed by atoms with Crippen LogP contribution in [0.2, 0.25) is 0 Å². The number of ether oxygens (including phenoxy) is 1. The van der Waals surface area contributed by atoms with Crippen LogP contribution < -0.4 is 5.73 Å². The molecule has 106 valence electrons. The summed E-state index contributed by atoms with van der Waals surface area (Å²) in [6.45, 7) is 0.896. The number of halogens is 1. The Hall–Kier alpha value is -0.970. The van der Waals surface area contributed by atoms with Gasteiger partial charge in [-0.1, -0.05) is 18.2 Å². The highest BCUT2D eigenvalue weighted by molar-refractivity contribution is 5.28. The molecule has 2 atom stereocenters. The van der Waals surface area contributed by atoms with E-state index in [1.54, 1.807) is 18.2 Å². The molecule has 0 bridgehead atoms. The number of aliphatic hydroxyl groups excluding tert-OH is 1. The third-order valence-corrected chi connectivity index (χ3v) is 4.11. The molecule has 0 radical (unpaired) electrons. The van der Waals surface area contributed by atoms with Gasteiger partial charge >= 0.3 is 0 Å². The molecular formula is C15H22FNO2. The topological polar surface area (TPSA) is 55.5 Å². The van der Waals surface area contributed by atoms with Gasteiger partial charge < -0.3 is 15.6 Å². The van der Waals surface area contributed by atoms with Crippen molar-refractivity contribution < 1.29 is 14.2 Å². The first-order valence-corrected chi connectivity index (χ1v) is 6.89. The van der Waals surface area contributed by atoms with Crippen molar-refractivity contribution >= 4 is 0 Å². The molecule has 1 aliphatic heterocycles. The summed E-state index contributed by atoms with van der Waals surface area (Å²) in [4.78, 5) is 0. The number of hydrogen-bond acceptors (Lipinski definition) is 3. The van der Waals surface area contributed by atoms with Gasteiger partial charge in [0.2, 0.25) is 0 Å². The van der Waals surface area contributed by atoms with Gasteiger partial charge in [-0.3, -0.25) is 0 Å². The van der Waals surface area contributed by atoms with Crippen molar-refractivity contribution in [2.24, 2.45) is 5.73 Å². The Morgan fingerprint density at radius 2 is 2.21 bits per heavy atom. The minimum Gasteiger partial charge on any atom is -0.395 e. The van der Waals surface area contributed by atoms with Gasteiger partial charge in [-0.05, 0) is 37.3 Å². The second-order valence-corrected chi connectivity index (χ2v) is 5.30. The van der Waals surface area contributed by atoms with Crippen molar-refractivity contribution in [3.63, 3.8) is 0 Å². The van der Waals surface area contributed by atoms with Crippen LogP contribution in [-0.2, 0) is 10.2 Å². The molecule has 1 aliphatic rings. The van der Waals surface area contributed by atoms with Gasteiger partial charge in [0.1, 0.15) is 5.82 Å².